The molecule has 1 aromatic rings. The van der Waals surface area contributed by atoms with E-state index in [0.29, 0.717) is 36.7 Å². The number of hydrogen-bond acceptors (Lipinski definition) is 3. The van der Waals surface area contributed by atoms with Gasteiger partial charge in [0.2, 0.25) is 0 Å². The van der Waals surface area contributed by atoms with Crippen LogP contribution >= 0.6 is 11.6 Å². The Labute approximate surface area is 184 Å². The van der Waals surface area contributed by atoms with Crippen LogP contribution in [0.25, 0.3) is 0 Å². The quantitative estimate of drug-likeness (QED) is 0.374. The Morgan fingerprint density at radius 3 is 2.52 bits per heavy atom. The minimum atomic E-state index is -4.55. The van der Waals surface area contributed by atoms with Crippen molar-refractivity contribution in [2.45, 2.75) is 44.8 Å². The van der Waals surface area contributed by atoms with Crippen molar-refractivity contribution in [1.82, 2.24) is 10.6 Å². The van der Waals surface area contributed by atoms with Gasteiger partial charge in [-0.15, -0.1) is 0 Å². The Morgan fingerprint density at radius 1 is 1.29 bits per heavy atom. The van der Waals surface area contributed by atoms with Gasteiger partial charge in [0.15, 0.2) is 0 Å². The van der Waals surface area contributed by atoms with Gasteiger partial charge < -0.3 is 16.4 Å². The smallest absolute Gasteiger partial charge is 0.386 e. The Morgan fingerprint density at radius 2 is 1.94 bits per heavy atom. The molecule has 31 heavy (non-hydrogen) atoms. The summed E-state index contributed by atoms with van der Waals surface area (Å²) in [6.07, 6.45) is 1.04. The second-order valence-electron chi connectivity index (χ2n) is 7.60. The van der Waals surface area contributed by atoms with Gasteiger partial charge in [-0.2, -0.15) is 13.2 Å². The van der Waals surface area contributed by atoms with Crippen LogP contribution in [0, 0.1) is 5.92 Å². The molecule has 0 aromatic heterocycles. The summed E-state index contributed by atoms with van der Waals surface area (Å²) in [5.74, 6) is -0.395. The van der Waals surface area contributed by atoms with Crippen molar-refractivity contribution in [2.24, 2.45) is 11.7 Å². The summed E-state index contributed by atoms with van der Waals surface area (Å²) in [6.45, 7) is 5.56. The molecule has 1 aliphatic rings. The number of carbonyl (C=O) groups excluding carboxylic acids is 1. The molecule has 1 aromatic carbocycles. The maximum absolute atomic E-state index is 13.4. The van der Waals surface area contributed by atoms with E-state index in [1.165, 1.54) is 6.08 Å². The number of nitrogens with one attached hydrogen (secondary N) is 2. The average Bonchev–Trinajstić information content (AvgIpc) is 2.71. The van der Waals surface area contributed by atoms with E-state index in [0.717, 1.165) is 37.1 Å². The van der Waals surface area contributed by atoms with Gasteiger partial charge in [0, 0.05) is 12.6 Å². The van der Waals surface area contributed by atoms with Crippen molar-refractivity contribution in [1.29, 1.82) is 0 Å². The molecular weight excluding hydrogens is 434 g/mol. The minimum absolute atomic E-state index is 0.0251. The summed E-state index contributed by atoms with van der Waals surface area (Å²) in [5, 5.41) is 5.82. The van der Waals surface area contributed by atoms with E-state index in [2.05, 4.69) is 17.2 Å². The molecule has 0 atom stereocenters. The molecule has 0 aliphatic heterocycles. The Balaban J connectivity index is 1.87. The lowest BCUT2D eigenvalue weighted by Crippen LogP contribution is -2.39. The van der Waals surface area contributed by atoms with E-state index in [1.807, 2.05) is 0 Å². The number of benzene rings is 1. The number of rotatable bonds is 7. The average molecular weight is 460 g/mol. The molecule has 1 amide bonds. The monoisotopic (exact) mass is 459 g/mol. The second kappa shape index (κ2) is 10.7. The van der Waals surface area contributed by atoms with Crippen LogP contribution in [0.3, 0.4) is 0 Å². The molecule has 0 bridgehead atoms. The number of alkyl halides is 3. The Hall–Kier alpha value is -2.48. The molecule has 1 saturated carbocycles. The van der Waals surface area contributed by atoms with Crippen LogP contribution in [-0.2, 0) is 6.18 Å². The topological polar surface area (TPSA) is 67.2 Å². The van der Waals surface area contributed by atoms with Gasteiger partial charge in [-0.05, 0) is 74.4 Å². The largest absolute Gasteiger partial charge is 0.416 e. The van der Waals surface area contributed by atoms with Crippen LogP contribution in [0.4, 0.5) is 17.6 Å². The van der Waals surface area contributed by atoms with E-state index in [4.69, 9.17) is 17.3 Å². The van der Waals surface area contributed by atoms with Crippen LogP contribution in [0.2, 0.25) is 5.02 Å². The summed E-state index contributed by atoms with van der Waals surface area (Å²) < 4.78 is 52.1. The number of amides is 1. The summed E-state index contributed by atoms with van der Waals surface area (Å²) in [5.41, 5.74) is 5.14. The highest BCUT2D eigenvalue weighted by atomic mass is 35.5. The molecule has 1 fully saturated rings. The third-order valence-electron chi connectivity index (χ3n) is 5.24. The molecule has 0 saturated heterocycles. The van der Waals surface area contributed by atoms with Crippen molar-refractivity contribution >= 4 is 17.5 Å². The second-order valence-corrected chi connectivity index (χ2v) is 8.01. The molecule has 2 rings (SSSR count). The lowest BCUT2D eigenvalue weighted by molar-refractivity contribution is -0.137. The van der Waals surface area contributed by atoms with E-state index in [1.54, 1.807) is 6.92 Å². The fourth-order valence-electron chi connectivity index (χ4n) is 3.43. The highest BCUT2D eigenvalue weighted by Crippen LogP contribution is 2.32. The Kier molecular flexibility index (Phi) is 8.56. The first-order valence-electron chi connectivity index (χ1n) is 9.88. The lowest BCUT2D eigenvalue weighted by Gasteiger charge is -2.29. The van der Waals surface area contributed by atoms with Crippen LogP contribution in [0.5, 0.6) is 0 Å². The molecule has 1 aliphatic carbocycles. The summed E-state index contributed by atoms with van der Waals surface area (Å²) in [4.78, 5) is 12.5. The van der Waals surface area contributed by atoms with Gasteiger partial charge in [0.05, 0.1) is 22.0 Å². The third-order valence-corrected chi connectivity index (χ3v) is 5.57. The minimum Gasteiger partial charge on any atom is -0.386 e. The van der Waals surface area contributed by atoms with Gasteiger partial charge in [0.25, 0.3) is 5.91 Å². The van der Waals surface area contributed by atoms with Gasteiger partial charge in [-0.25, -0.2) is 4.39 Å². The maximum Gasteiger partial charge on any atom is 0.416 e. The zero-order chi connectivity index (χ0) is 23.2. The SMILES string of the molecule is C=C/C(F)=C(C)\C=C(/N)NC[C@H]1CC[C@H](NC(=O)c2cc(C(F)(F)F)ccc2Cl)CC1. The molecule has 4 nitrogen and oxygen atoms in total. The van der Waals surface area contributed by atoms with Gasteiger partial charge in [0.1, 0.15) is 5.83 Å². The number of hydrogen-bond donors (Lipinski definition) is 3. The van der Waals surface area contributed by atoms with Crippen LogP contribution in [-0.4, -0.2) is 18.5 Å². The molecule has 9 heteroatoms. The van der Waals surface area contributed by atoms with Crippen LogP contribution in [0.1, 0.15) is 48.5 Å². The molecule has 0 radical (unpaired) electrons. The van der Waals surface area contributed by atoms with E-state index in [-0.39, 0.29) is 16.6 Å². The van der Waals surface area contributed by atoms with Crippen molar-refractivity contribution in [2.75, 3.05) is 6.54 Å². The summed E-state index contributed by atoms with van der Waals surface area (Å²) in [6, 6.07) is 2.56. The van der Waals surface area contributed by atoms with Gasteiger partial charge >= 0.3 is 6.18 Å². The maximum atomic E-state index is 13.4. The highest BCUT2D eigenvalue weighted by molar-refractivity contribution is 6.33. The molecule has 0 unspecified atom stereocenters. The third kappa shape index (κ3) is 7.31. The lowest BCUT2D eigenvalue weighted by atomic mass is 9.86. The zero-order valence-corrected chi connectivity index (χ0v) is 17.9. The number of allylic oxidation sites excluding steroid dienone is 4. The standard InChI is InChI=1S/C22H26ClF4N3O/c1-3-19(24)13(2)10-20(28)29-12-14-4-7-16(8-5-14)30-21(31)17-11-15(22(25,26)27)6-9-18(17)23/h3,6,9-11,14,16,29H,1,4-5,7-8,12,28H2,2H3,(H,30,31)/b19-13+,20-10+/t14-,16-. The molecular formula is C22H26ClF4N3O. The first kappa shape index (κ1) is 24.8. The first-order valence-corrected chi connectivity index (χ1v) is 10.3. The summed E-state index contributed by atoms with van der Waals surface area (Å²) >= 11 is 5.93. The molecule has 4 N–H and O–H groups in total. The fraction of sp³-hybridized carbons (Fsp3) is 0.409. The predicted molar refractivity (Wildman–Crippen MR) is 114 cm³/mol. The summed E-state index contributed by atoms with van der Waals surface area (Å²) in [7, 11) is 0. The van der Waals surface area contributed by atoms with Crippen molar-refractivity contribution in [3.63, 3.8) is 0 Å². The van der Waals surface area contributed by atoms with E-state index in [9.17, 15) is 22.4 Å². The molecule has 170 valence electrons. The van der Waals surface area contributed by atoms with Crippen molar-refractivity contribution in [3.8, 4) is 0 Å². The fourth-order valence-corrected chi connectivity index (χ4v) is 3.63. The number of carbonyl (C=O) groups is 1. The van der Waals surface area contributed by atoms with E-state index >= 15 is 0 Å². The van der Waals surface area contributed by atoms with Crippen LogP contribution in [0.15, 0.2) is 54.2 Å². The van der Waals surface area contributed by atoms with Crippen LogP contribution < -0.4 is 16.4 Å². The first-order chi connectivity index (χ1) is 14.5. The zero-order valence-electron chi connectivity index (χ0n) is 17.2. The number of halogens is 5. The predicted octanol–water partition coefficient (Wildman–Crippen LogP) is 5.47. The van der Waals surface area contributed by atoms with Crippen molar-refractivity contribution < 1.29 is 22.4 Å². The number of nitrogens with two attached hydrogens (primary N) is 1. The van der Waals surface area contributed by atoms with Gasteiger partial charge in [-0.3, -0.25) is 4.79 Å². The van der Waals surface area contributed by atoms with E-state index < -0.39 is 23.5 Å². The molecule has 0 spiro atoms. The van der Waals surface area contributed by atoms with Gasteiger partial charge in [-0.1, -0.05) is 18.2 Å². The Bertz CT molecular complexity index is 872. The van der Waals surface area contributed by atoms with Crippen molar-refractivity contribution in [3.05, 3.63) is 70.3 Å². The highest BCUT2D eigenvalue weighted by Gasteiger charge is 2.32. The normalized spacial score (nSPS) is 20.6. The molecule has 0 heterocycles.